The molecule has 0 aromatic heterocycles. The zero-order valence-electron chi connectivity index (χ0n) is 8.37. The van der Waals surface area contributed by atoms with Crippen molar-refractivity contribution >= 4 is 23.7 Å². The van der Waals surface area contributed by atoms with E-state index in [0.717, 1.165) is 6.07 Å². The standard InChI is InChI=1S/C10H7ClFNO4/c11-5-2-1-3-6(12)7(5)10(8(14)15)4-13-9(16)17-10/h1-3H,4H2,(H,13,16)(H,14,15). The number of cyclic esters (lactones) is 1. The third-order valence-corrected chi connectivity index (χ3v) is 2.78. The Kier molecular flexibility index (Phi) is 2.66. The Labute approximate surface area is 100 Å². The van der Waals surface area contributed by atoms with E-state index >= 15 is 0 Å². The van der Waals surface area contributed by atoms with Crippen LogP contribution in [-0.2, 0) is 15.1 Å². The van der Waals surface area contributed by atoms with Gasteiger partial charge in [-0.25, -0.2) is 14.0 Å². The molecule has 1 amide bonds. The SMILES string of the molecule is O=C1NCC(C(=O)O)(c2c(F)cccc2Cl)O1. The molecule has 0 aliphatic carbocycles. The van der Waals surface area contributed by atoms with Crippen LogP contribution in [0.4, 0.5) is 9.18 Å². The molecule has 1 heterocycles. The number of halogens is 2. The van der Waals surface area contributed by atoms with Crippen LogP contribution in [0.15, 0.2) is 18.2 Å². The van der Waals surface area contributed by atoms with E-state index in [4.69, 9.17) is 16.7 Å². The van der Waals surface area contributed by atoms with E-state index in [-0.39, 0.29) is 17.1 Å². The minimum Gasteiger partial charge on any atom is -0.478 e. The molecule has 1 aliphatic heterocycles. The maximum atomic E-state index is 13.7. The molecule has 2 rings (SSSR count). The summed E-state index contributed by atoms with van der Waals surface area (Å²) in [5, 5.41) is 11.2. The number of aliphatic carboxylic acids is 1. The molecular weight excluding hydrogens is 253 g/mol. The highest BCUT2D eigenvalue weighted by Gasteiger charge is 2.52. The van der Waals surface area contributed by atoms with Crippen molar-refractivity contribution in [2.45, 2.75) is 5.60 Å². The van der Waals surface area contributed by atoms with E-state index in [9.17, 15) is 14.0 Å². The van der Waals surface area contributed by atoms with E-state index in [1.54, 1.807) is 0 Å². The summed E-state index contributed by atoms with van der Waals surface area (Å²) in [5.41, 5.74) is -2.47. The summed E-state index contributed by atoms with van der Waals surface area (Å²) in [5.74, 6) is -2.32. The molecule has 1 atom stereocenters. The highest BCUT2D eigenvalue weighted by Crippen LogP contribution is 2.36. The molecule has 0 saturated carbocycles. The number of rotatable bonds is 2. The summed E-state index contributed by atoms with van der Waals surface area (Å²) < 4.78 is 18.4. The highest BCUT2D eigenvalue weighted by molar-refractivity contribution is 6.31. The fraction of sp³-hybridized carbons (Fsp3) is 0.200. The van der Waals surface area contributed by atoms with Gasteiger partial charge in [-0.2, -0.15) is 0 Å². The van der Waals surface area contributed by atoms with E-state index in [0.29, 0.717) is 0 Å². The predicted molar refractivity (Wildman–Crippen MR) is 55.2 cm³/mol. The molecule has 1 aromatic rings. The number of carboxylic acid groups (broad SMARTS) is 1. The van der Waals surface area contributed by atoms with Crippen LogP contribution in [0.1, 0.15) is 5.56 Å². The molecule has 1 fully saturated rings. The fourth-order valence-corrected chi connectivity index (χ4v) is 1.99. The van der Waals surface area contributed by atoms with Gasteiger partial charge in [0.25, 0.3) is 5.60 Å². The molecular formula is C10H7ClFNO4. The first-order chi connectivity index (χ1) is 7.97. The average Bonchev–Trinajstić information content (AvgIpc) is 2.61. The van der Waals surface area contributed by atoms with Crippen molar-refractivity contribution in [3.63, 3.8) is 0 Å². The zero-order valence-corrected chi connectivity index (χ0v) is 9.12. The summed E-state index contributed by atoms with van der Waals surface area (Å²) in [6.45, 7) is -0.373. The number of hydrogen-bond acceptors (Lipinski definition) is 3. The van der Waals surface area contributed by atoms with Gasteiger partial charge in [-0.3, -0.25) is 0 Å². The van der Waals surface area contributed by atoms with Crippen molar-refractivity contribution < 1.29 is 23.8 Å². The number of nitrogens with one attached hydrogen (secondary N) is 1. The fourth-order valence-electron chi connectivity index (χ4n) is 1.68. The largest absolute Gasteiger partial charge is 0.478 e. The van der Waals surface area contributed by atoms with Gasteiger partial charge in [-0.15, -0.1) is 0 Å². The summed E-state index contributed by atoms with van der Waals surface area (Å²) in [6, 6.07) is 3.72. The Bertz CT molecular complexity index is 487. The lowest BCUT2D eigenvalue weighted by Gasteiger charge is -2.23. The topological polar surface area (TPSA) is 75.6 Å². The van der Waals surface area contributed by atoms with Crippen molar-refractivity contribution in [1.82, 2.24) is 5.32 Å². The molecule has 0 radical (unpaired) electrons. The summed E-state index contributed by atoms with van der Waals surface area (Å²) in [6.07, 6.45) is -0.924. The number of amides is 1. The van der Waals surface area contributed by atoms with Crippen molar-refractivity contribution in [2.75, 3.05) is 6.54 Å². The minimum atomic E-state index is -2.11. The smallest absolute Gasteiger partial charge is 0.408 e. The highest BCUT2D eigenvalue weighted by atomic mass is 35.5. The molecule has 1 unspecified atom stereocenters. The molecule has 7 heteroatoms. The van der Waals surface area contributed by atoms with E-state index in [1.165, 1.54) is 12.1 Å². The number of benzene rings is 1. The van der Waals surface area contributed by atoms with Crippen LogP contribution < -0.4 is 5.32 Å². The second kappa shape index (κ2) is 3.89. The Balaban J connectivity index is 2.62. The van der Waals surface area contributed by atoms with Gasteiger partial charge in [0, 0.05) is 0 Å². The monoisotopic (exact) mass is 259 g/mol. The van der Waals surface area contributed by atoms with Crippen molar-refractivity contribution in [2.24, 2.45) is 0 Å². The number of hydrogen-bond donors (Lipinski definition) is 2. The first kappa shape index (κ1) is 11.7. The molecule has 1 saturated heterocycles. The van der Waals surface area contributed by atoms with Crippen LogP contribution in [0.5, 0.6) is 0 Å². The molecule has 1 aromatic carbocycles. The van der Waals surface area contributed by atoms with Crippen LogP contribution in [-0.4, -0.2) is 23.7 Å². The minimum absolute atomic E-state index is 0.107. The van der Waals surface area contributed by atoms with Gasteiger partial charge in [0.05, 0.1) is 17.1 Å². The number of alkyl carbamates (subject to hydrolysis) is 1. The summed E-state index contributed by atoms with van der Waals surface area (Å²) in [4.78, 5) is 22.2. The maximum Gasteiger partial charge on any atom is 0.408 e. The van der Waals surface area contributed by atoms with E-state index < -0.39 is 23.5 Å². The van der Waals surface area contributed by atoms with Crippen molar-refractivity contribution in [3.05, 3.63) is 34.6 Å². The normalized spacial score (nSPS) is 23.1. The lowest BCUT2D eigenvalue weighted by Crippen LogP contribution is -2.40. The van der Waals surface area contributed by atoms with Crippen LogP contribution in [0, 0.1) is 5.82 Å². The maximum absolute atomic E-state index is 13.7. The van der Waals surface area contributed by atoms with Gasteiger partial charge in [0.2, 0.25) is 0 Å². The van der Waals surface area contributed by atoms with Crippen LogP contribution in [0.3, 0.4) is 0 Å². The Morgan fingerprint density at radius 2 is 2.29 bits per heavy atom. The third kappa shape index (κ3) is 1.70. The Morgan fingerprint density at radius 1 is 1.59 bits per heavy atom. The number of ether oxygens (including phenoxy) is 1. The van der Waals surface area contributed by atoms with Crippen molar-refractivity contribution in [1.29, 1.82) is 0 Å². The predicted octanol–water partition coefficient (Wildman–Crippen LogP) is 1.50. The zero-order chi connectivity index (χ0) is 12.6. The van der Waals surface area contributed by atoms with E-state index in [2.05, 4.69) is 10.1 Å². The number of carbonyl (C=O) groups excluding carboxylic acids is 1. The summed E-state index contributed by atoms with van der Waals surface area (Å²) >= 11 is 5.77. The quantitative estimate of drug-likeness (QED) is 0.844. The molecule has 0 spiro atoms. The Hall–Kier alpha value is -1.82. The van der Waals surface area contributed by atoms with Crippen LogP contribution >= 0.6 is 11.6 Å². The molecule has 0 bridgehead atoms. The Morgan fingerprint density at radius 3 is 2.76 bits per heavy atom. The van der Waals surface area contributed by atoms with Gasteiger partial charge >= 0.3 is 12.1 Å². The lowest BCUT2D eigenvalue weighted by molar-refractivity contribution is -0.155. The first-order valence-corrected chi connectivity index (χ1v) is 5.00. The molecule has 1 aliphatic rings. The average molecular weight is 260 g/mol. The van der Waals surface area contributed by atoms with Crippen LogP contribution in [0.2, 0.25) is 5.02 Å². The van der Waals surface area contributed by atoms with Crippen molar-refractivity contribution in [3.8, 4) is 0 Å². The van der Waals surface area contributed by atoms with E-state index in [1.807, 2.05) is 0 Å². The number of carbonyl (C=O) groups is 2. The molecule has 17 heavy (non-hydrogen) atoms. The van der Waals surface area contributed by atoms with Crippen LogP contribution in [0.25, 0.3) is 0 Å². The number of carboxylic acids is 1. The van der Waals surface area contributed by atoms with Gasteiger partial charge in [-0.1, -0.05) is 17.7 Å². The van der Waals surface area contributed by atoms with Gasteiger partial charge in [0.15, 0.2) is 0 Å². The van der Waals surface area contributed by atoms with Gasteiger partial charge in [0.1, 0.15) is 5.82 Å². The molecule has 90 valence electrons. The first-order valence-electron chi connectivity index (χ1n) is 4.62. The van der Waals surface area contributed by atoms with Gasteiger partial charge < -0.3 is 15.2 Å². The lowest BCUT2D eigenvalue weighted by atomic mass is 9.93. The summed E-state index contributed by atoms with van der Waals surface area (Å²) in [7, 11) is 0. The third-order valence-electron chi connectivity index (χ3n) is 2.46. The van der Waals surface area contributed by atoms with Gasteiger partial charge in [-0.05, 0) is 12.1 Å². The molecule has 5 nitrogen and oxygen atoms in total. The molecule has 2 N–H and O–H groups in total. The second-order valence-electron chi connectivity index (χ2n) is 3.47. The second-order valence-corrected chi connectivity index (χ2v) is 3.88.